The first-order chi connectivity index (χ1) is 10.2. The van der Waals surface area contributed by atoms with Crippen molar-refractivity contribution in [3.8, 4) is 0 Å². The minimum atomic E-state index is -0.109. The van der Waals surface area contributed by atoms with E-state index in [1.807, 2.05) is 0 Å². The Hall–Kier alpha value is -1.19. The molecule has 1 aromatic rings. The summed E-state index contributed by atoms with van der Waals surface area (Å²) in [4.78, 5) is 11.7. The molecule has 0 aliphatic heterocycles. The average Bonchev–Trinajstić information content (AvgIpc) is 2.46. The number of rotatable bonds is 10. The number of aliphatic hydroxyl groups is 4. The van der Waals surface area contributed by atoms with Gasteiger partial charge in [-0.15, -0.1) is 0 Å². The molecule has 0 bridgehead atoms. The zero-order chi connectivity index (χ0) is 15.7. The third kappa shape index (κ3) is 5.60. The van der Waals surface area contributed by atoms with E-state index < -0.39 is 0 Å². The minimum Gasteiger partial charge on any atom is -0.395 e. The molecule has 0 aromatic carbocycles. The summed E-state index contributed by atoms with van der Waals surface area (Å²) in [6.45, 7) is 0.730. The van der Waals surface area contributed by atoms with E-state index in [4.69, 9.17) is 32.0 Å². The van der Waals surface area contributed by atoms with Crippen LogP contribution in [-0.2, 0) is 0 Å². The maximum absolute atomic E-state index is 9.06. The maximum Gasteiger partial charge on any atom is 0.228 e. The second-order valence-electron chi connectivity index (χ2n) is 4.22. The lowest BCUT2D eigenvalue weighted by molar-refractivity contribution is 0.279. The van der Waals surface area contributed by atoms with E-state index in [1.165, 1.54) is 6.07 Å². The van der Waals surface area contributed by atoms with Gasteiger partial charge < -0.3 is 30.2 Å². The van der Waals surface area contributed by atoms with Crippen LogP contribution < -0.4 is 9.80 Å². The summed E-state index contributed by atoms with van der Waals surface area (Å²) in [5.74, 6) is 0.746. The van der Waals surface area contributed by atoms with Crippen LogP contribution in [0.5, 0.6) is 0 Å². The number of nitrogens with zero attached hydrogens (tertiary/aromatic N) is 4. The number of aliphatic hydroxyl groups excluding tert-OH is 4. The molecule has 21 heavy (non-hydrogen) atoms. The Morgan fingerprint density at radius 1 is 0.810 bits per heavy atom. The zero-order valence-corrected chi connectivity index (χ0v) is 12.4. The van der Waals surface area contributed by atoms with E-state index >= 15 is 0 Å². The molecule has 0 radical (unpaired) electrons. The predicted octanol–water partition coefficient (Wildman–Crippen LogP) is -1.29. The van der Waals surface area contributed by atoms with Gasteiger partial charge in [0.15, 0.2) is 0 Å². The molecule has 0 atom stereocenters. The first kappa shape index (κ1) is 17.9. The van der Waals surface area contributed by atoms with Crippen molar-refractivity contribution in [2.24, 2.45) is 0 Å². The Morgan fingerprint density at radius 3 is 1.76 bits per heavy atom. The summed E-state index contributed by atoms with van der Waals surface area (Å²) in [5, 5.41) is 36.4. The lowest BCUT2D eigenvalue weighted by Gasteiger charge is -2.25. The van der Waals surface area contributed by atoms with Crippen LogP contribution >= 0.6 is 11.6 Å². The Labute approximate surface area is 128 Å². The molecule has 0 unspecified atom stereocenters. The van der Waals surface area contributed by atoms with Crippen LogP contribution in [0.3, 0.4) is 0 Å². The smallest absolute Gasteiger partial charge is 0.228 e. The van der Waals surface area contributed by atoms with Crippen LogP contribution in [-0.4, -0.2) is 83.0 Å². The molecule has 1 aromatic heterocycles. The number of anilines is 2. The Kier molecular flexibility index (Phi) is 8.24. The fourth-order valence-electron chi connectivity index (χ4n) is 1.83. The fourth-order valence-corrected chi connectivity index (χ4v) is 2.01. The molecule has 1 heterocycles. The minimum absolute atomic E-state index is 0.0893. The van der Waals surface area contributed by atoms with Crippen LogP contribution in [0.2, 0.25) is 5.15 Å². The molecule has 8 nitrogen and oxygen atoms in total. The molecule has 0 aliphatic carbocycles. The van der Waals surface area contributed by atoms with Gasteiger partial charge in [0.25, 0.3) is 0 Å². The quantitative estimate of drug-likeness (QED) is 0.394. The lowest BCUT2D eigenvalue weighted by Crippen LogP contribution is -2.34. The standard InChI is InChI=1S/C12H21ClN4O4/c13-10-9-11(16(1-5-18)2-6-19)15-12(14-10)17(3-7-20)4-8-21/h9,18-21H,1-8H2. The van der Waals surface area contributed by atoms with E-state index in [2.05, 4.69) is 9.97 Å². The Balaban J connectivity index is 3.05. The molecule has 4 N–H and O–H groups in total. The van der Waals surface area contributed by atoms with Crippen molar-refractivity contribution in [2.75, 3.05) is 62.4 Å². The highest BCUT2D eigenvalue weighted by atomic mass is 35.5. The van der Waals surface area contributed by atoms with Crippen LogP contribution in [0.15, 0.2) is 6.07 Å². The Bertz CT molecular complexity index is 378. The third-order valence-electron chi connectivity index (χ3n) is 2.76. The van der Waals surface area contributed by atoms with Crippen LogP contribution in [0.4, 0.5) is 11.8 Å². The highest BCUT2D eigenvalue weighted by molar-refractivity contribution is 6.29. The van der Waals surface area contributed by atoms with Gasteiger partial charge in [-0.2, -0.15) is 4.98 Å². The molecule has 0 saturated heterocycles. The summed E-state index contributed by atoms with van der Waals surface area (Å²) < 4.78 is 0. The number of hydrogen-bond acceptors (Lipinski definition) is 8. The zero-order valence-electron chi connectivity index (χ0n) is 11.7. The van der Waals surface area contributed by atoms with Crippen LogP contribution in [0, 0.1) is 0 Å². The predicted molar refractivity (Wildman–Crippen MR) is 79.8 cm³/mol. The van der Waals surface area contributed by atoms with E-state index in [0.29, 0.717) is 18.9 Å². The van der Waals surface area contributed by atoms with Gasteiger partial charge in [-0.3, -0.25) is 0 Å². The summed E-state index contributed by atoms with van der Waals surface area (Å²) in [6.07, 6.45) is 0. The van der Waals surface area contributed by atoms with E-state index in [-0.39, 0.29) is 50.6 Å². The largest absolute Gasteiger partial charge is 0.395 e. The third-order valence-corrected chi connectivity index (χ3v) is 2.95. The summed E-state index contributed by atoms with van der Waals surface area (Å²) >= 11 is 5.98. The van der Waals surface area contributed by atoms with E-state index in [9.17, 15) is 0 Å². The first-order valence-electron chi connectivity index (χ1n) is 6.64. The lowest BCUT2D eigenvalue weighted by atomic mass is 10.4. The topological polar surface area (TPSA) is 113 Å². The van der Waals surface area contributed by atoms with Gasteiger partial charge in [0.1, 0.15) is 11.0 Å². The molecular weight excluding hydrogens is 300 g/mol. The van der Waals surface area contributed by atoms with Crippen molar-refractivity contribution in [2.45, 2.75) is 0 Å². The molecule has 1 rings (SSSR count). The van der Waals surface area contributed by atoms with Gasteiger partial charge in [-0.05, 0) is 0 Å². The van der Waals surface area contributed by atoms with Crippen molar-refractivity contribution in [1.82, 2.24) is 9.97 Å². The van der Waals surface area contributed by atoms with Crippen molar-refractivity contribution >= 4 is 23.4 Å². The van der Waals surface area contributed by atoms with Gasteiger partial charge in [0.2, 0.25) is 5.95 Å². The van der Waals surface area contributed by atoms with Crippen molar-refractivity contribution in [3.63, 3.8) is 0 Å². The van der Waals surface area contributed by atoms with Crippen LogP contribution in [0.1, 0.15) is 0 Å². The van der Waals surface area contributed by atoms with Crippen molar-refractivity contribution in [1.29, 1.82) is 0 Å². The molecule has 120 valence electrons. The normalized spacial score (nSPS) is 10.7. The summed E-state index contributed by atoms with van der Waals surface area (Å²) in [6, 6.07) is 1.53. The number of hydrogen-bond donors (Lipinski definition) is 4. The van der Waals surface area contributed by atoms with Gasteiger partial charge in [0.05, 0.1) is 26.4 Å². The summed E-state index contributed by atoms with van der Waals surface area (Å²) in [5.41, 5.74) is 0. The van der Waals surface area contributed by atoms with E-state index in [1.54, 1.807) is 9.80 Å². The Morgan fingerprint density at radius 2 is 1.29 bits per heavy atom. The van der Waals surface area contributed by atoms with Crippen LogP contribution in [0.25, 0.3) is 0 Å². The van der Waals surface area contributed by atoms with Gasteiger partial charge >= 0.3 is 0 Å². The van der Waals surface area contributed by atoms with E-state index in [0.717, 1.165) is 0 Å². The molecule has 0 amide bonds. The van der Waals surface area contributed by atoms with Crippen molar-refractivity contribution < 1.29 is 20.4 Å². The monoisotopic (exact) mass is 320 g/mol. The number of aromatic nitrogens is 2. The fraction of sp³-hybridized carbons (Fsp3) is 0.667. The highest BCUT2D eigenvalue weighted by Gasteiger charge is 2.14. The van der Waals surface area contributed by atoms with Gasteiger partial charge in [-0.25, -0.2) is 4.98 Å². The SMILES string of the molecule is OCCN(CCO)c1cc(Cl)nc(N(CCO)CCO)n1. The first-order valence-corrected chi connectivity index (χ1v) is 7.02. The maximum atomic E-state index is 9.06. The second-order valence-corrected chi connectivity index (χ2v) is 4.60. The molecule has 9 heteroatoms. The molecule has 0 saturated carbocycles. The number of halogens is 1. The molecular formula is C12H21ClN4O4. The molecule has 0 spiro atoms. The summed E-state index contributed by atoms with van der Waals surface area (Å²) in [7, 11) is 0. The highest BCUT2D eigenvalue weighted by Crippen LogP contribution is 2.20. The van der Waals surface area contributed by atoms with Gasteiger partial charge in [0, 0.05) is 32.2 Å². The van der Waals surface area contributed by atoms with Crippen molar-refractivity contribution in [3.05, 3.63) is 11.2 Å². The van der Waals surface area contributed by atoms with Gasteiger partial charge in [-0.1, -0.05) is 11.6 Å². The average molecular weight is 321 g/mol. The molecule has 0 aliphatic rings. The molecule has 0 fully saturated rings. The second kappa shape index (κ2) is 9.69.